The first-order valence-corrected chi connectivity index (χ1v) is 7.15. The minimum atomic E-state index is -0.944. The Labute approximate surface area is 123 Å². The minimum Gasteiger partial charge on any atom is -0.385 e. The van der Waals surface area contributed by atoms with E-state index in [0.717, 1.165) is 20.2 Å². The van der Waals surface area contributed by atoms with Crippen molar-refractivity contribution in [3.05, 3.63) is 62.8 Å². The van der Waals surface area contributed by atoms with Gasteiger partial charge in [0, 0.05) is 27.3 Å². The number of benzene rings is 1. The van der Waals surface area contributed by atoms with Crippen molar-refractivity contribution in [1.29, 1.82) is 0 Å². The Balaban J connectivity index is 2.27. The molecule has 0 bridgehead atoms. The molecule has 0 aliphatic rings. The fraction of sp³-hybridized carbons (Fsp3) is 0.214. The predicted molar refractivity (Wildman–Crippen MR) is 79.4 cm³/mol. The highest BCUT2D eigenvalue weighted by Crippen LogP contribution is 2.30. The van der Waals surface area contributed by atoms with Crippen LogP contribution in [0, 0.1) is 0 Å². The molecular formula is C14H13Br2NO. The molecule has 1 aromatic heterocycles. The molecule has 2 aromatic rings. The van der Waals surface area contributed by atoms with E-state index < -0.39 is 5.60 Å². The summed E-state index contributed by atoms with van der Waals surface area (Å²) in [6, 6.07) is 11.5. The van der Waals surface area contributed by atoms with Crippen molar-refractivity contribution < 1.29 is 5.11 Å². The summed E-state index contributed by atoms with van der Waals surface area (Å²) in [7, 11) is 0. The Hall–Kier alpha value is -0.710. The van der Waals surface area contributed by atoms with Gasteiger partial charge in [-0.1, -0.05) is 34.1 Å². The fourth-order valence-electron chi connectivity index (χ4n) is 1.86. The molecule has 2 nitrogen and oxygen atoms in total. The molecule has 1 atom stereocenters. The van der Waals surface area contributed by atoms with Gasteiger partial charge in [0.2, 0.25) is 0 Å². The molecule has 0 aliphatic carbocycles. The standard InChI is InChI=1S/C14H13Br2NO/c1-14(18,12-4-2-3-5-13(12)16)8-11-7-6-10(15)9-17-11/h2-7,9,18H,8H2,1H3. The predicted octanol–water partition coefficient (Wildman–Crippen LogP) is 4.06. The second-order valence-electron chi connectivity index (χ2n) is 4.40. The molecule has 1 unspecified atom stereocenters. The van der Waals surface area contributed by atoms with Crippen LogP contribution in [-0.4, -0.2) is 10.1 Å². The molecule has 18 heavy (non-hydrogen) atoms. The van der Waals surface area contributed by atoms with E-state index in [9.17, 15) is 5.11 Å². The van der Waals surface area contributed by atoms with Gasteiger partial charge in [0.1, 0.15) is 0 Å². The van der Waals surface area contributed by atoms with E-state index in [1.165, 1.54) is 0 Å². The Kier molecular flexibility index (Phi) is 4.20. The van der Waals surface area contributed by atoms with Crippen molar-refractivity contribution in [3.63, 3.8) is 0 Å². The first kappa shape index (κ1) is 13.7. The van der Waals surface area contributed by atoms with Crippen LogP contribution in [0.1, 0.15) is 18.2 Å². The van der Waals surface area contributed by atoms with Gasteiger partial charge in [0.25, 0.3) is 0 Å². The molecule has 1 heterocycles. The summed E-state index contributed by atoms with van der Waals surface area (Å²) in [5.41, 5.74) is 0.787. The lowest BCUT2D eigenvalue weighted by Gasteiger charge is -2.24. The number of nitrogens with zero attached hydrogens (tertiary/aromatic N) is 1. The number of hydrogen-bond donors (Lipinski definition) is 1. The normalized spacial score (nSPS) is 14.2. The van der Waals surface area contributed by atoms with Gasteiger partial charge in [0.15, 0.2) is 0 Å². The summed E-state index contributed by atoms with van der Waals surface area (Å²) in [5.74, 6) is 0. The molecule has 94 valence electrons. The van der Waals surface area contributed by atoms with E-state index in [-0.39, 0.29) is 0 Å². The average molecular weight is 371 g/mol. The van der Waals surface area contributed by atoms with Crippen LogP contribution in [-0.2, 0) is 12.0 Å². The van der Waals surface area contributed by atoms with Gasteiger partial charge in [0.05, 0.1) is 5.60 Å². The highest BCUT2D eigenvalue weighted by atomic mass is 79.9. The summed E-state index contributed by atoms with van der Waals surface area (Å²) in [6.45, 7) is 1.80. The monoisotopic (exact) mass is 369 g/mol. The van der Waals surface area contributed by atoms with Gasteiger partial charge in [-0.25, -0.2) is 0 Å². The summed E-state index contributed by atoms with van der Waals surface area (Å²) < 4.78 is 1.85. The Morgan fingerprint density at radius 1 is 1.17 bits per heavy atom. The van der Waals surface area contributed by atoms with E-state index in [1.807, 2.05) is 36.4 Å². The largest absolute Gasteiger partial charge is 0.385 e. The first-order valence-electron chi connectivity index (χ1n) is 5.57. The summed E-state index contributed by atoms with van der Waals surface area (Å²) in [5, 5.41) is 10.6. The van der Waals surface area contributed by atoms with Crippen molar-refractivity contribution in [2.24, 2.45) is 0 Å². The number of hydrogen-bond acceptors (Lipinski definition) is 2. The quantitative estimate of drug-likeness (QED) is 0.883. The summed E-state index contributed by atoms with van der Waals surface area (Å²) in [4.78, 5) is 4.30. The van der Waals surface area contributed by atoms with Crippen molar-refractivity contribution in [2.45, 2.75) is 18.9 Å². The lowest BCUT2D eigenvalue weighted by molar-refractivity contribution is 0.0558. The Morgan fingerprint density at radius 3 is 2.50 bits per heavy atom. The third-order valence-electron chi connectivity index (χ3n) is 2.77. The Morgan fingerprint density at radius 2 is 1.89 bits per heavy atom. The smallest absolute Gasteiger partial charge is 0.0934 e. The van der Waals surface area contributed by atoms with Crippen molar-refractivity contribution in [3.8, 4) is 0 Å². The van der Waals surface area contributed by atoms with Crippen LogP contribution in [0.25, 0.3) is 0 Å². The molecule has 2 rings (SSSR count). The number of aliphatic hydroxyl groups is 1. The molecular weight excluding hydrogens is 358 g/mol. The second kappa shape index (κ2) is 5.51. The molecule has 0 amide bonds. The Bertz CT molecular complexity index is 538. The van der Waals surface area contributed by atoms with E-state index in [2.05, 4.69) is 36.8 Å². The van der Waals surface area contributed by atoms with E-state index in [1.54, 1.807) is 13.1 Å². The van der Waals surface area contributed by atoms with Gasteiger partial charge in [-0.15, -0.1) is 0 Å². The number of pyridine rings is 1. The third kappa shape index (κ3) is 3.19. The van der Waals surface area contributed by atoms with Crippen molar-refractivity contribution in [1.82, 2.24) is 4.98 Å². The molecule has 4 heteroatoms. The van der Waals surface area contributed by atoms with E-state index in [0.29, 0.717) is 6.42 Å². The fourth-order valence-corrected chi connectivity index (χ4v) is 2.80. The van der Waals surface area contributed by atoms with Gasteiger partial charge in [-0.2, -0.15) is 0 Å². The molecule has 0 fully saturated rings. The number of halogens is 2. The number of rotatable bonds is 3. The van der Waals surface area contributed by atoms with Crippen LogP contribution in [0.15, 0.2) is 51.5 Å². The maximum atomic E-state index is 10.6. The minimum absolute atomic E-state index is 0.475. The maximum absolute atomic E-state index is 10.6. The lowest BCUT2D eigenvalue weighted by Crippen LogP contribution is -2.25. The molecule has 0 spiro atoms. The molecule has 0 saturated carbocycles. The van der Waals surface area contributed by atoms with Crippen LogP contribution in [0.3, 0.4) is 0 Å². The van der Waals surface area contributed by atoms with Crippen LogP contribution in [0.4, 0.5) is 0 Å². The molecule has 1 aromatic carbocycles. The molecule has 1 N–H and O–H groups in total. The van der Waals surface area contributed by atoms with Gasteiger partial charge in [-0.3, -0.25) is 4.98 Å². The zero-order valence-corrected chi connectivity index (χ0v) is 13.1. The van der Waals surface area contributed by atoms with E-state index >= 15 is 0 Å². The summed E-state index contributed by atoms with van der Waals surface area (Å²) in [6.07, 6.45) is 2.22. The van der Waals surface area contributed by atoms with Gasteiger partial charge in [-0.05, 0) is 46.6 Å². The lowest BCUT2D eigenvalue weighted by atomic mass is 9.91. The summed E-state index contributed by atoms with van der Waals surface area (Å²) >= 11 is 6.82. The SMILES string of the molecule is CC(O)(Cc1ccc(Br)cn1)c1ccccc1Br. The van der Waals surface area contributed by atoms with Crippen LogP contribution in [0.2, 0.25) is 0 Å². The molecule has 0 radical (unpaired) electrons. The first-order chi connectivity index (χ1) is 8.49. The second-order valence-corrected chi connectivity index (χ2v) is 6.17. The van der Waals surface area contributed by atoms with E-state index in [4.69, 9.17) is 0 Å². The topological polar surface area (TPSA) is 33.1 Å². The number of aromatic nitrogens is 1. The highest BCUT2D eigenvalue weighted by molar-refractivity contribution is 9.10. The maximum Gasteiger partial charge on any atom is 0.0934 e. The zero-order chi connectivity index (χ0) is 13.2. The van der Waals surface area contributed by atoms with Crippen LogP contribution in [0.5, 0.6) is 0 Å². The molecule has 0 aliphatic heterocycles. The van der Waals surface area contributed by atoms with Gasteiger partial charge >= 0.3 is 0 Å². The van der Waals surface area contributed by atoms with Crippen molar-refractivity contribution >= 4 is 31.9 Å². The van der Waals surface area contributed by atoms with Crippen LogP contribution < -0.4 is 0 Å². The van der Waals surface area contributed by atoms with Gasteiger partial charge < -0.3 is 5.11 Å². The van der Waals surface area contributed by atoms with Crippen LogP contribution >= 0.6 is 31.9 Å². The van der Waals surface area contributed by atoms with Crippen molar-refractivity contribution in [2.75, 3.05) is 0 Å². The average Bonchev–Trinajstić information content (AvgIpc) is 2.32. The zero-order valence-electron chi connectivity index (χ0n) is 9.90. The molecule has 0 saturated heterocycles. The third-order valence-corrected chi connectivity index (χ3v) is 3.93. The highest BCUT2D eigenvalue weighted by Gasteiger charge is 2.26.